The maximum Gasteiger partial charge on any atom is 0.415 e. The summed E-state index contributed by atoms with van der Waals surface area (Å²) < 4.78 is 31.5. The molecule has 3 aliphatic rings. The third-order valence-corrected chi connectivity index (χ3v) is 9.17. The summed E-state index contributed by atoms with van der Waals surface area (Å²) in [5, 5.41) is 0.568. The second kappa shape index (κ2) is 10.0. The van der Waals surface area contributed by atoms with Gasteiger partial charge in [-0.3, -0.25) is 9.11 Å². The predicted molar refractivity (Wildman–Crippen MR) is 151 cm³/mol. The van der Waals surface area contributed by atoms with E-state index in [0.29, 0.717) is 15.6 Å². The summed E-state index contributed by atoms with van der Waals surface area (Å²) in [4.78, 5) is 15.7. The number of amides is 1. The molecule has 9 heteroatoms. The quantitative estimate of drug-likeness (QED) is 0.272. The lowest BCUT2D eigenvalue weighted by Gasteiger charge is -2.42. The van der Waals surface area contributed by atoms with Gasteiger partial charge in [-0.2, -0.15) is 0 Å². The number of para-hydroxylation sites is 1. The number of benzene rings is 2. The molecule has 1 unspecified atom stereocenters. The van der Waals surface area contributed by atoms with Gasteiger partial charge in [-0.05, 0) is 69.0 Å². The summed E-state index contributed by atoms with van der Waals surface area (Å²) in [6.07, 6.45) is 2.32. The first-order valence-corrected chi connectivity index (χ1v) is 17.4. The van der Waals surface area contributed by atoms with Gasteiger partial charge in [-0.15, -0.1) is 0 Å². The van der Waals surface area contributed by atoms with Gasteiger partial charge in [0.05, 0.1) is 22.2 Å². The lowest BCUT2D eigenvalue weighted by Crippen LogP contribution is -2.56. The molecule has 1 amide bonds. The van der Waals surface area contributed by atoms with E-state index in [9.17, 15) is 9.00 Å². The van der Waals surface area contributed by atoms with Gasteiger partial charge in [0, 0.05) is 15.5 Å². The van der Waals surface area contributed by atoms with Crippen molar-refractivity contribution in [3.05, 3.63) is 71.3 Å². The van der Waals surface area contributed by atoms with E-state index in [-0.39, 0.29) is 12.4 Å². The van der Waals surface area contributed by atoms with Crippen molar-refractivity contribution in [2.75, 3.05) is 17.3 Å². The highest BCUT2D eigenvalue weighted by atomic mass is 35.5. The van der Waals surface area contributed by atoms with Gasteiger partial charge in [-0.25, -0.2) is 4.79 Å². The summed E-state index contributed by atoms with van der Waals surface area (Å²) >= 11 is 5.92. The van der Waals surface area contributed by atoms with Crippen molar-refractivity contribution < 1.29 is 22.9 Å². The molecule has 5 atom stereocenters. The predicted octanol–water partition coefficient (Wildman–Crippen LogP) is 5.25. The summed E-state index contributed by atoms with van der Waals surface area (Å²) in [6.45, 7) is 8.30. The molecule has 0 radical (unpaired) electrons. The molecule has 2 aromatic rings. The second-order valence-electron chi connectivity index (χ2n) is 10.4. The number of anilines is 1. The minimum Gasteiger partial charge on any atom is -0.448 e. The molecule has 38 heavy (non-hydrogen) atoms. The van der Waals surface area contributed by atoms with Crippen molar-refractivity contribution in [3.63, 3.8) is 0 Å². The molecule has 2 bridgehead atoms. The lowest BCUT2D eigenvalue weighted by atomic mass is 9.75. The molecule has 5 rings (SSSR count). The van der Waals surface area contributed by atoms with E-state index >= 15 is 0 Å². The van der Waals surface area contributed by atoms with Crippen molar-refractivity contribution in [1.29, 1.82) is 0 Å². The number of halogens is 1. The molecule has 2 aliphatic heterocycles. The number of rotatable bonds is 6. The molecule has 1 saturated heterocycles. The molecule has 0 saturated carbocycles. The Hall–Kier alpha value is -2.85. The lowest BCUT2D eigenvalue weighted by molar-refractivity contribution is 0.0430. The maximum absolute atomic E-state index is 13.5. The zero-order valence-corrected chi connectivity index (χ0v) is 24.2. The Morgan fingerprint density at radius 3 is 2.58 bits per heavy atom. The van der Waals surface area contributed by atoms with Crippen molar-refractivity contribution in [2.24, 2.45) is 0 Å². The van der Waals surface area contributed by atoms with E-state index in [2.05, 4.69) is 43.3 Å². The Morgan fingerprint density at radius 2 is 1.84 bits per heavy atom. The number of nitrogens with zero attached hydrogens (tertiary/aromatic N) is 1. The first kappa shape index (κ1) is 26.7. The summed E-state index contributed by atoms with van der Waals surface area (Å²) in [5.41, 5.74) is -0.384. The van der Waals surface area contributed by atoms with Crippen LogP contribution in [0.25, 0.3) is 0 Å². The van der Waals surface area contributed by atoms with Crippen molar-refractivity contribution in [1.82, 2.24) is 0 Å². The number of fused-ring (bicyclic) bond motifs is 1. The largest absolute Gasteiger partial charge is 0.448 e. The van der Waals surface area contributed by atoms with Crippen LogP contribution in [-0.4, -0.2) is 48.7 Å². The molecular formula is C29H28ClNO5SSi. The van der Waals surface area contributed by atoms with Crippen LogP contribution in [0.2, 0.25) is 24.7 Å². The average Bonchev–Trinajstić information content (AvgIpc) is 3.63. The molecule has 6 nitrogen and oxygen atoms in total. The minimum atomic E-state index is -2.06. The number of carbonyl (C=O) groups excluding carboxylic acids is 1. The van der Waals surface area contributed by atoms with Crippen LogP contribution >= 0.6 is 11.6 Å². The molecule has 0 aromatic heterocycles. The summed E-state index contributed by atoms with van der Waals surface area (Å²) in [5.74, 6) is 12.7. The topological polar surface area (TPSA) is 68.4 Å². The van der Waals surface area contributed by atoms with Crippen molar-refractivity contribution in [3.8, 4) is 23.7 Å². The average molecular weight is 566 g/mol. The van der Waals surface area contributed by atoms with E-state index in [1.165, 1.54) is 0 Å². The molecule has 0 N–H and O–H groups in total. The first-order chi connectivity index (χ1) is 18.1. The maximum atomic E-state index is 13.5. The van der Waals surface area contributed by atoms with Crippen molar-refractivity contribution in [2.45, 2.75) is 54.8 Å². The van der Waals surface area contributed by atoms with E-state index in [1.54, 1.807) is 41.3 Å². The fourth-order valence-electron chi connectivity index (χ4n) is 5.13. The van der Waals surface area contributed by atoms with Gasteiger partial charge in [0.2, 0.25) is 0 Å². The van der Waals surface area contributed by atoms with Crippen LogP contribution in [0.4, 0.5) is 10.5 Å². The van der Waals surface area contributed by atoms with Crippen LogP contribution in [0.1, 0.15) is 12.5 Å². The van der Waals surface area contributed by atoms with Gasteiger partial charge in [-0.1, -0.05) is 53.5 Å². The van der Waals surface area contributed by atoms with Crippen molar-refractivity contribution >= 4 is 42.5 Å². The minimum absolute atomic E-state index is 0.0224. The zero-order valence-electron chi connectivity index (χ0n) is 21.6. The Kier molecular flexibility index (Phi) is 7.06. The van der Waals surface area contributed by atoms with Crippen LogP contribution in [-0.2, 0) is 30.3 Å². The number of epoxide rings is 1. The van der Waals surface area contributed by atoms with E-state index < -0.39 is 48.6 Å². The molecular weight excluding hydrogens is 538 g/mol. The van der Waals surface area contributed by atoms with Crippen LogP contribution < -0.4 is 4.90 Å². The van der Waals surface area contributed by atoms with Gasteiger partial charge >= 0.3 is 6.09 Å². The van der Waals surface area contributed by atoms with E-state index in [4.69, 9.17) is 25.5 Å². The first-order valence-electron chi connectivity index (χ1n) is 12.3. The normalized spacial score (nSPS) is 28.3. The Bertz CT molecular complexity index is 1450. The van der Waals surface area contributed by atoms with Gasteiger partial charge in [0.1, 0.15) is 18.8 Å². The molecule has 2 heterocycles. The van der Waals surface area contributed by atoms with Gasteiger partial charge in [0.15, 0.2) is 19.5 Å². The fourth-order valence-corrected chi connectivity index (χ4v) is 7.59. The highest BCUT2D eigenvalue weighted by Crippen LogP contribution is 2.62. The highest BCUT2D eigenvalue weighted by Gasteiger charge is 2.75. The highest BCUT2D eigenvalue weighted by molar-refractivity contribution is 7.85. The number of allylic oxidation sites excluding steroid dienone is 2. The van der Waals surface area contributed by atoms with Gasteiger partial charge in [0.25, 0.3) is 0 Å². The smallest absolute Gasteiger partial charge is 0.415 e. The standard InChI is InChI=1S/C29H28ClNO5SSi/c1-28(36-38(2,3)4)18-10-6-5-7-13-25-26-29(28,35-26)23-11-8-9-12-24(23)31(25)27(32)34-19-20-37(33)22-16-14-21(30)15-17-22/h5-6,8-9,11-12,14-17,25-26H,19-20H2,1-4H3/b6-5-/t25-,26-,28+,29+,37?/m0/s1. The van der Waals surface area contributed by atoms with Crippen LogP contribution in [0, 0.1) is 23.7 Å². The molecule has 0 spiro atoms. The molecule has 196 valence electrons. The number of ether oxygens (including phenoxy) is 2. The van der Waals surface area contributed by atoms with E-state index in [0.717, 1.165) is 5.56 Å². The van der Waals surface area contributed by atoms with Gasteiger partial charge < -0.3 is 13.9 Å². The van der Waals surface area contributed by atoms with Crippen LogP contribution in [0.5, 0.6) is 0 Å². The summed E-state index contributed by atoms with van der Waals surface area (Å²) in [6, 6.07) is 13.8. The monoisotopic (exact) mass is 565 g/mol. The third kappa shape index (κ3) is 4.84. The van der Waals surface area contributed by atoms with E-state index in [1.807, 2.05) is 31.2 Å². The zero-order chi connectivity index (χ0) is 27.1. The Balaban J connectivity index is 1.46. The SMILES string of the molecule is C[C@@]1(O[Si](C)(C)C)C#C/C=C\C#C[C@H]2[C@@H]3O[C@]31c1ccccc1N2C(=O)OCCS(=O)c1ccc(Cl)cc1. The number of carbonyl (C=O) groups is 1. The number of hydrogen-bond acceptors (Lipinski definition) is 5. The second-order valence-corrected chi connectivity index (χ2v) is 16.8. The Labute approximate surface area is 231 Å². The Morgan fingerprint density at radius 1 is 1.13 bits per heavy atom. The summed E-state index contributed by atoms with van der Waals surface area (Å²) in [7, 11) is -3.40. The molecule has 1 fully saturated rings. The van der Waals surface area contributed by atoms with Crippen LogP contribution in [0.3, 0.4) is 0 Å². The molecule has 2 aromatic carbocycles. The fraction of sp³-hybridized carbons (Fsp3) is 0.345. The number of hydrogen-bond donors (Lipinski definition) is 0. The molecule has 1 aliphatic carbocycles. The van der Waals surface area contributed by atoms with Crippen LogP contribution in [0.15, 0.2) is 65.6 Å². The third-order valence-electron chi connectivity index (χ3n) is 6.56.